The summed E-state index contributed by atoms with van der Waals surface area (Å²) < 4.78 is 53.4. The summed E-state index contributed by atoms with van der Waals surface area (Å²) in [6, 6.07) is 8.59. The van der Waals surface area contributed by atoms with Gasteiger partial charge in [-0.15, -0.1) is 10.2 Å². The van der Waals surface area contributed by atoms with Crippen LogP contribution in [0.15, 0.2) is 47.6 Å². The number of aromatic nitrogens is 3. The molecular weight excluding hydrogens is 470 g/mol. The van der Waals surface area contributed by atoms with Gasteiger partial charge in [-0.3, -0.25) is 4.79 Å². The molecule has 1 amide bonds. The van der Waals surface area contributed by atoms with Gasteiger partial charge >= 0.3 is 6.18 Å². The molecule has 32 heavy (non-hydrogen) atoms. The molecule has 2 N–H and O–H groups in total. The third kappa shape index (κ3) is 6.13. The maximum Gasteiger partial charge on any atom is 0.416 e. The van der Waals surface area contributed by atoms with Crippen LogP contribution in [-0.4, -0.2) is 26.4 Å². The molecule has 6 nitrogen and oxygen atoms in total. The van der Waals surface area contributed by atoms with E-state index < -0.39 is 17.6 Å². The monoisotopic (exact) mass is 487 g/mol. The number of anilines is 2. The van der Waals surface area contributed by atoms with Gasteiger partial charge in [0.1, 0.15) is 5.82 Å². The van der Waals surface area contributed by atoms with Crippen LogP contribution in [0.2, 0.25) is 5.02 Å². The van der Waals surface area contributed by atoms with Gasteiger partial charge in [-0.25, -0.2) is 4.39 Å². The van der Waals surface area contributed by atoms with Gasteiger partial charge in [0.05, 0.1) is 28.6 Å². The quantitative estimate of drug-likeness (QED) is 0.326. The zero-order valence-corrected chi connectivity index (χ0v) is 18.3. The highest BCUT2D eigenvalue weighted by molar-refractivity contribution is 7.99. The van der Waals surface area contributed by atoms with E-state index in [1.807, 2.05) is 6.92 Å². The molecule has 0 saturated carbocycles. The first kappa shape index (κ1) is 23.9. The maximum absolute atomic E-state index is 13.0. The Hall–Kier alpha value is -2.79. The summed E-state index contributed by atoms with van der Waals surface area (Å²) in [5, 5.41) is 14.2. The third-order valence-corrected chi connectivity index (χ3v) is 5.60. The molecule has 3 rings (SSSR count). The summed E-state index contributed by atoms with van der Waals surface area (Å²) in [6.45, 7) is 2.76. The largest absolute Gasteiger partial charge is 0.416 e. The van der Waals surface area contributed by atoms with Crippen LogP contribution in [0.4, 0.5) is 28.9 Å². The van der Waals surface area contributed by atoms with E-state index in [9.17, 15) is 22.4 Å². The normalized spacial score (nSPS) is 11.4. The van der Waals surface area contributed by atoms with E-state index in [1.165, 1.54) is 12.1 Å². The lowest BCUT2D eigenvalue weighted by Crippen LogP contribution is -2.16. The Morgan fingerprint density at radius 2 is 1.88 bits per heavy atom. The van der Waals surface area contributed by atoms with Crippen LogP contribution in [0.5, 0.6) is 0 Å². The van der Waals surface area contributed by atoms with Gasteiger partial charge in [0.25, 0.3) is 0 Å². The van der Waals surface area contributed by atoms with Crippen molar-refractivity contribution < 1.29 is 22.4 Å². The molecule has 0 unspecified atom stereocenters. The van der Waals surface area contributed by atoms with E-state index in [-0.39, 0.29) is 22.3 Å². The van der Waals surface area contributed by atoms with Gasteiger partial charge in [-0.05, 0) is 49.4 Å². The fraction of sp³-hybridized carbons (Fsp3) is 0.250. The second kappa shape index (κ2) is 10.2. The Balaban J connectivity index is 1.61. The van der Waals surface area contributed by atoms with Crippen molar-refractivity contribution in [2.24, 2.45) is 0 Å². The number of alkyl halides is 3. The number of hydrogen-bond acceptors (Lipinski definition) is 5. The molecule has 1 heterocycles. The number of carbonyl (C=O) groups is 1. The Bertz CT molecular complexity index is 1090. The average molecular weight is 488 g/mol. The Labute approximate surface area is 190 Å². The SMILES string of the molecule is CCn1c(CNc2ccc(F)cc2)nnc1SCC(=O)Nc1cc(C(F)(F)F)ccc1Cl. The molecule has 0 fully saturated rings. The van der Waals surface area contributed by atoms with E-state index in [2.05, 4.69) is 20.8 Å². The molecule has 0 radical (unpaired) electrons. The van der Waals surface area contributed by atoms with Crippen LogP contribution in [0.1, 0.15) is 18.3 Å². The molecule has 0 spiro atoms. The highest BCUT2D eigenvalue weighted by Crippen LogP contribution is 2.34. The second-order valence-corrected chi connectivity index (χ2v) is 7.88. The number of hydrogen-bond donors (Lipinski definition) is 2. The molecular formula is C20H18ClF4N5OS. The maximum atomic E-state index is 13.0. The summed E-state index contributed by atoms with van der Waals surface area (Å²) in [5.41, 5.74) is -0.314. The first-order chi connectivity index (χ1) is 15.2. The van der Waals surface area contributed by atoms with Gasteiger partial charge in [-0.2, -0.15) is 13.2 Å². The molecule has 12 heteroatoms. The molecule has 0 saturated heterocycles. The van der Waals surface area contributed by atoms with Crippen molar-refractivity contribution in [1.29, 1.82) is 0 Å². The number of carbonyl (C=O) groups excluding carboxylic acids is 1. The number of nitrogens with one attached hydrogen (secondary N) is 2. The number of nitrogens with zero attached hydrogens (tertiary/aromatic N) is 3. The van der Waals surface area contributed by atoms with Crippen molar-refractivity contribution in [3.8, 4) is 0 Å². The standard InChI is InChI=1S/C20H18ClF4N5OS/c1-2-30-17(10-26-14-6-4-13(22)5-7-14)28-29-19(30)32-11-18(31)27-16-9-12(20(23,24)25)3-8-15(16)21/h3-9,26H,2,10-11H2,1H3,(H,27,31). The molecule has 0 aliphatic carbocycles. The third-order valence-electron chi connectivity index (χ3n) is 4.30. The predicted molar refractivity (Wildman–Crippen MR) is 115 cm³/mol. The van der Waals surface area contributed by atoms with Crippen LogP contribution in [0.25, 0.3) is 0 Å². The number of benzene rings is 2. The average Bonchev–Trinajstić information content (AvgIpc) is 3.14. The molecule has 3 aromatic rings. The van der Waals surface area contributed by atoms with E-state index in [1.54, 1.807) is 16.7 Å². The second-order valence-electron chi connectivity index (χ2n) is 6.53. The lowest BCUT2D eigenvalue weighted by Gasteiger charge is -2.12. The minimum atomic E-state index is -4.55. The van der Waals surface area contributed by atoms with Crippen LogP contribution < -0.4 is 10.6 Å². The van der Waals surface area contributed by atoms with E-state index in [4.69, 9.17) is 11.6 Å². The summed E-state index contributed by atoms with van der Waals surface area (Å²) in [7, 11) is 0. The Morgan fingerprint density at radius 3 is 2.53 bits per heavy atom. The lowest BCUT2D eigenvalue weighted by atomic mass is 10.2. The molecule has 2 aromatic carbocycles. The van der Waals surface area contributed by atoms with Crippen LogP contribution in [0, 0.1) is 5.82 Å². The van der Waals surface area contributed by atoms with Crippen molar-refractivity contribution in [2.75, 3.05) is 16.4 Å². The molecule has 0 aliphatic heterocycles. The molecule has 0 bridgehead atoms. The van der Waals surface area contributed by atoms with Gasteiger partial charge in [0.15, 0.2) is 11.0 Å². The molecule has 1 aromatic heterocycles. The van der Waals surface area contributed by atoms with Crippen molar-refractivity contribution >= 4 is 40.6 Å². The van der Waals surface area contributed by atoms with E-state index in [0.29, 0.717) is 29.8 Å². The number of amides is 1. The van der Waals surface area contributed by atoms with Crippen molar-refractivity contribution in [2.45, 2.75) is 31.3 Å². The van der Waals surface area contributed by atoms with Crippen molar-refractivity contribution in [1.82, 2.24) is 14.8 Å². The van der Waals surface area contributed by atoms with Crippen molar-refractivity contribution in [3.63, 3.8) is 0 Å². The first-order valence-corrected chi connectivity index (χ1v) is 10.7. The predicted octanol–water partition coefficient (Wildman–Crippen LogP) is 5.45. The van der Waals surface area contributed by atoms with E-state index in [0.717, 1.165) is 30.0 Å². The minimum Gasteiger partial charge on any atom is -0.378 e. The number of rotatable bonds is 8. The Kier molecular flexibility index (Phi) is 7.62. The number of halogens is 5. The first-order valence-electron chi connectivity index (χ1n) is 9.38. The zero-order valence-electron chi connectivity index (χ0n) is 16.7. The van der Waals surface area contributed by atoms with Gasteiger partial charge in [0, 0.05) is 12.2 Å². The fourth-order valence-electron chi connectivity index (χ4n) is 2.74. The molecule has 0 aliphatic rings. The van der Waals surface area contributed by atoms with Crippen LogP contribution in [0.3, 0.4) is 0 Å². The smallest absolute Gasteiger partial charge is 0.378 e. The van der Waals surface area contributed by atoms with E-state index >= 15 is 0 Å². The minimum absolute atomic E-state index is 0.00206. The fourth-order valence-corrected chi connectivity index (χ4v) is 3.72. The Morgan fingerprint density at radius 1 is 1.16 bits per heavy atom. The van der Waals surface area contributed by atoms with Gasteiger partial charge in [0.2, 0.25) is 5.91 Å². The summed E-state index contributed by atoms with van der Waals surface area (Å²) >= 11 is 7.00. The van der Waals surface area contributed by atoms with Crippen molar-refractivity contribution in [3.05, 3.63) is 64.7 Å². The van der Waals surface area contributed by atoms with Gasteiger partial charge < -0.3 is 15.2 Å². The summed E-state index contributed by atoms with van der Waals surface area (Å²) in [4.78, 5) is 12.3. The van der Waals surface area contributed by atoms with Crippen LogP contribution >= 0.6 is 23.4 Å². The zero-order chi connectivity index (χ0) is 23.3. The molecule has 0 atom stereocenters. The van der Waals surface area contributed by atoms with Gasteiger partial charge in [-0.1, -0.05) is 23.4 Å². The highest BCUT2D eigenvalue weighted by Gasteiger charge is 2.31. The highest BCUT2D eigenvalue weighted by atomic mass is 35.5. The summed E-state index contributed by atoms with van der Waals surface area (Å²) in [6.07, 6.45) is -4.55. The van der Waals surface area contributed by atoms with Crippen LogP contribution in [-0.2, 0) is 24.1 Å². The topological polar surface area (TPSA) is 71.8 Å². The lowest BCUT2D eigenvalue weighted by molar-refractivity contribution is -0.137. The number of thioether (sulfide) groups is 1. The molecule has 170 valence electrons. The summed E-state index contributed by atoms with van der Waals surface area (Å²) in [5.74, 6) is -0.361.